The van der Waals surface area contributed by atoms with Crippen LogP contribution in [-0.4, -0.2) is 90.4 Å². The Morgan fingerprint density at radius 2 is 1.78 bits per heavy atom. The van der Waals surface area contributed by atoms with Gasteiger partial charge in [0.15, 0.2) is 5.88 Å². The zero-order valence-corrected chi connectivity index (χ0v) is 22.1. The lowest BCUT2D eigenvalue weighted by Crippen LogP contribution is -2.48. The van der Waals surface area contributed by atoms with Gasteiger partial charge in [-0.25, -0.2) is 4.99 Å². The number of aliphatic imine (C=N–C) groups is 1. The number of rotatable bonds is 10. The number of fused-ring (bicyclic) bond motifs is 2. The number of nitrogens with zero attached hydrogens (tertiary/aromatic N) is 4. The van der Waals surface area contributed by atoms with Gasteiger partial charge in [-0.1, -0.05) is 46.2 Å². The van der Waals surface area contributed by atoms with Gasteiger partial charge in [0.1, 0.15) is 18.0 Å². The zero-order chi connectivity index (χ0) is 24.9. The molecule has 0 spiro atoms. The fourth-order valence-electron chi connectivity index (χ4n) is 4.69. The summed E-state index contributed by atoms with van der Waals surface area (Å²) >= 11 is 3.53. The summed E-state index contributed by atoms with van der Waals surface area (Å²) in [6.07, 6.45) is 1.07. The van der Waals surface area contributed by atoms with E-state index in [0.717, 1.165) is 85.5 Å². The van der Waals surface area contributed by atoms with E-state index in [0.29, 0.717) is 23.6 Å². The number of halogens is 1. The number of para-hydroxylation sites is 1. The van der Waals surface area contributed by atoms with Gasteiger partial charge >= 0.3 is 0 Å². The molecule has 2 aromatic carbocycles. The van der Waals surface area contributed by atoms with E-state index in [1.807, 2.05) is 42.5 Å². The number of benzene rings is 2. The van der Waals surface area contributed by atoms with Gasteiger partial charge in [-0.3, -0.25) is 9.80 Å². The van der Waals surface area contributed by atoms with Crippen LogP contribution in [0.3, 0.4) is 0 Å². The number of nitrogens with one attached hydrogen (secondary N) is 1. The highest BCUT2D eigenvalue weighted by molar-refractivity contribution is 9.10. The summed E-state index contributed by atoms with van der Waals surface area (Å²) in [5.41, 5.74) is 4.42. The number of piperazine rings is 1. The highest BCUT2D eigenvalue weighted by Gasteiger charge is 2.29. The van der Waals surface area contributed by atoms with E-state index in [2.05, 4.69) is 42.8 Å². The van der Waals surface area contributed by atoms with Crippen LogP contribution in [0, 0.1) is 0 Å². The van der Waals surface area contributed by atoms with Crippen LogP contribution in [0.2, 0.25) is 0 Å². The quantitative estimate of drug-likeness (QED) is 0.284. The van der Waals surface area contributed by atoms with Crippen molar-refractivity contribution in [3.05, 3.63) is 58.1 Å². The summed E-state index contributed by atoms with van der Waals surface area (Å²) in [6, 6.07) is 13.7. The molecule has 8 nitrogen and oxygen atoms in total. The van der Waals surface area contributed by atoms with Crippen molar-refractivity contribution in [1.29, 1.82) is 0 Å². The second kappa shape index (κ2) is 11.6. The third-order valence-electron chi connectivity index (χ3n) is 6.61. The molecule has 0 amide bonds. The maximum Gasteiger partial charge on any atom is 0.199 e. The molecule has 0 aliphatic carbocycles. The van der Waals surface area contributed by atoms with Crippen molar-refractivity contribution in [2.24, 2.45) is 10.1 Å². The Balaban J connectivity index is 1.24. The summed E-state index contributed by atoms with van der Waals surface area (Å²) in [6.45, 7) is 10.2. The number of hydrogen-bond acceptors (Lipinski definition) is 7. The average molecular weight is 554 g/mol. The largest absolute Gasteiger partial charge is 0.494 e. The standard InChI is InChI=1S/C27H32BrN5O3/c1-2-15-35-16-13-32-9-11-33(12-10-32)14-17-36-31-25-20-5-3-4-6-22(20)29-26(25)24-21-18-19(28)7-8-23(21)30-27(24)34/h3-8,18,30,34H,2,9-17H2,1H3/b31-25+. The molecule has 2 aliphatic rings. The normalized spacial score (nSPS) is 17.6. The number of aromatic hydroxyl groups is 1. The Hall–Kier alpha value is -2.72. The first-order valence-electron chi connectivity index (χ1n) is 12.6. The average Bonchev–Trinajstić information content (AvgIpc) is 3.41. The molecule has 0 bridgehead atoms. The van der Waals surface area contributed by atoms with E-state index in [1.165, 1.54) is 0 Å². The first kappa shape index (κ1) is 25.0. The van der Waals surface area contributed by atoms with Crippen LogP contribution in [0.15, 0.2) is 57.1 Å². The predicted octanol–water partition coefficient (Wildman–Crippen LogP) is 4.54. The molecule has 0 unspecified atom stereocenters. The second-order valence-corrected chi connectivity index (χ2v) is 10.0. The van der Waals surface area contributed by atoms with Gasteiger partial charge in [0.25, 0.3) is 0 Å². The number of hydrogen-bond donors (Lipinski definition) is 2. The maximum absolute atomic E-state index is 10.8. The summed E-state index contributed by atoms with van der Waals surface area (Å²) in [7, 11) is 0. The number of oxime groups is 1. The van der Waals surface area contributed by atoms with Crippen molar-refractivity contribution >= 4 is 43.9 Å². The van der Waals surface area contributed by atoms with Crippen molar-refractivity contribution in [3.63, 3.8) is 0 Å². The Morgan fingerprint density at radius 1 is 1.03 bits per heavy atom. The molecule has 0 saturated carbocycles. The lowest BCUT2D eigenvalue weighted by atomic mass is 10.0. The van der Waals surface area contributed by atoms with Crippen LogP contribution in [0.25, 0.3) is 10.9 Å². The third-order valence-corrected chi connectivity index (χ3v) is 7.11. The lowest BCUT2D eigenvalue weighted by Gasteiger charge is -2.34. The van der Waals surface area contributed by atoms with Crippen LogP contribution in [0.4, 0.5) is 5.69 Å². The second-order valence-electron chi connectivity index (χ2n) is 9.08. The summed E-state index contributed by atoms with van der Waals surface area (Å²) < 4.78 is 6.54. The molecule has 5 rings (SSSR count). The van der Waals surface area contributed by atoms with Gasteiger partial charge in [0.2, 0.25) is 0 Å². The van der Waals surface area contributed by atoms with Crippen LogP contribution in [0.1, 0.15) is 24.5 Å². The fourth-order valence-corrected chi connectivity index (χ4v) is 5.05. The van der Waals surface area contributed by atoms with E-state index in [1.54, 1.807) is 0 Å². The third kappa shape index (κ3) is 5.49. The van der Waals surface area contributed by atoms with Crippen molar-refractivity contribution < 1.29 is 14.7 Å². The molecule has 1 aromatic heterocycles. The predicted molar refractivity (Wildman–Crippen MR) is 147 cm³/mol. The van der Waals surface area contributed by atoms with E-state index < -0.39 is 0 Å². The molecule has 0 radical (unpaired) electrons. The molecular weight excluding hydrogens is 522 g/mol. The van der Waals surface area contributed by atoms with Crippen LogP contribution < -0.4 is 0 Å². The molecule has 190 valence electrons. The van der Waals surface area contributed by atoms with E-state index in [9.17, 15) is 5.11 Å². The topological polar surface area (TPSA) is 85.7 Å². The lowest BCUT2D eigenvalue weighted by molar-refractivity contribution is 0.0586. The van der Waals surface area contributed by atoms with Crippen molar-refractivity contribution in [2.45, 2.75) is 13.3 Å². The Kier molecular flexibility index (Phi) is 8.01. The Labute approximate surface area is 219 Å². The summed E-state index contributed by atoms with van der Waals surface area (Å²) in [5.74, 6) is 0.0697. The molecule has 1 fully saturated rings. The smallest absolute Gasteiger partial charge is 0.199 e. The number of H-pyrrole nitrogens is 1. The van der Waals surface area contributed by atoms with Gasteiger partial charge in [-0.2, -0.15) is 0 Å². The monoisotopic (exact) mass is 553 g/mol. The molecule has 3 heterocycles. The molecule has 2 aliphatic heterocycles. The molecule has 1 saturated heterocycles. The van der Waals surface area contributed by atoms with Crippen molar-refractivity contribution in [1.82, 2.24) is 14.8 Å². The van der Waals surface area contributed by atoms with E-state index >= 15 is 0 Å². The van der Waals surface area contributed by atoms with Gasteiger partial charge < -0.3 is 19.7 Å². The highest BCUT2D eigenvalue weighted by atomic mass is 79.9. The molecule has 9 heteroatoms. The minimum atomic E-state index is 0.0697. The van der Waals surface area contributed by atoms with Gasteiger partial charge in [0.05, 0.1) is 17.9 Å². The Bertz CT molecular complexity index is 1260. The van der Waals surface area contributed by atoms with E-state index in [-0.39, 0.29) is 5.88 Å². The zero-order valence-electron chi connectivity index (χ0n) is 20.5. The van der Waals surface area contributed by atoms with Gasteiger partial charge in [0, 0.05) is 66.8 Å². The molecule has 0 atom stereocenters. The first-order valence-corrected chi connectivity index (χ1v) is 13.3. The minimum absolute atomic E-state index is 0.0697. The maximum atomic E-state index is 10.8. The van der Waals surface area contributed by atoms with Gasteiger partial charge in [-0.15, -0.1) is 0 Å². The Morgan fingerprint density at radius 3 is 2.56 bits per heavy atom. The highest BCUT2D eigenvalue weighted by Crippen LogP contribution is 2.36. The summed E-state index contributed by atoms with van der Waals surface area (Å²) in [4.78, 5) is 18.6. The molecule has 36 heavy (non-hydrogen) atoms. The number of ether oxygens (including phenoxy) is 1. The fraction of sp³-hybridized carbons (Fsp3) is 0.407. The number of aromatic amines is 1. The van der Waals surface area contributed by atoms with Crippen LogP contribution >= 0.6 is 15.9 Å². The van der Waals surface area contributed by atoms with Crippen LogP contribution in [0.5, 0.6) is 5.88 Å². The van der Waals surface area contributed by atoms with Gasteiger partial charge in [-0.05, 0) is 30.7 Å². The van der Waals surface area contributed by atoms with Crippen LogP contribution in [-0.2, 0) is 9.57 Å². The van der Waals surface area contributed by atoms with Crippen molar-refractivity contribution in [3.8, 4) is 5.88 Å². The SMILES string of the molecule is CCCOCCN1CCN(CCO/N=C2/C(c3c(O)[nH]c4ccc(Br)cc34)=Nc3ccccc32)CC1. The first-order chi connectivity index (χ1) is 17.6. The molecule has 2 N–H and O–H groups in total. The summed E-state index contributed by atoms with van der Waals surface area (Å²) in [5, 5.41) is 16.2. The van der Waals surface area contributed by atoms with E-state index in [4.69, 9.17) is 14.6 Å². The molecular formula is C27H32BrN5O3. The number of aromatic nitrogens is 1. The molecule has 3 aromatic rings. The minimum Gasteiger partial charge on any atom is -0.494 e. The van der Waals surface area contributed by atoms with Crippen molar-refractivity contribution in [2.75, 3.05) is 59.1 Å².